The zero-order valence-corrected chi connectivity index (χ0v) is 16.6. The largest absolute Gasteiger partial charge is 0.506 e. The molecule has 0 aliphatic carbocycles. The molecular weight excluding hydrogens is 382 g/mol. The Morgan fingerprint density at radius 1 is 1.10 bits per heavy atom. The van der Waals surface area contributed by atoms with E-state index in [9.17, 15) is 9.90 Å². The highest BCUT2D eigenvalue weighted by atomic mass is 32.1. The molecule has 0 spiro atoms. The molecule has 6 heteroatoms. The monoisotopic (exact) mass is 401 g/mol. The number of aliphatic imine (C=N–C) groups is 1. The van der Waals surface area contributed by atoms with E-state index in [1.165, 1.54) is 0 Å². The van der Waals surface area contributed by atoms with Crippen molar-refractivity contribution in [2.45, 2.75) is 12.5 Å². The van der Waals surface area contributed by atoms with Gasteiger partial charge in [0.1, 0.15) is 11.3 Å². The summed E-state index contributed by atoms with van der Waals surface area (Å²) in [5.74, 6) is -0.00763. The van der Waals surface area contributed by atoms with E-state index in [-0.39, 0.29) is 22.9 Å². The standard InChI is InChI=1S/C23H19N3O2S/c1-26-19-10-5-2-7-14(19)22(27)21(23(26)28)18-13-17(20-11-6-12-29-20)24-15-8-3-4-9-16(15)25-18/h2-12,17,24,27H,13H2,1H3. The van der Waals surface area contributed by atoms with Crippen LogP contribution in [0.15, 0.2) is 75.8 Å². The number of benzene rings is 2. The first-order valence-electron chi connectivity index (χ1n) is 9.41. The number of aromatic hydroxyl groups is 1. The smallest absolute Gasteiger partial charge is 0.263 e. The Balaban J connectivity index is 1.76. The summed E-state index contributed by atoms with van der Waals surface area (Å²) in [6.45, 7) is 0. The van der Waals surface area contributed by atoms with E-state index in [1.54, 1.807) is 23.0 Å². The van der Waals surface area contributed by atoms with E-state index >= 15 is 0 Å². The van der Waals surface area contributed by atoms with Gasteiger partial charge in [0.25, 0.3) is 5.56 Å². The molecule has 0 radical (unpaired) electrons. The Bertz CT molecular complexity index is 1310. The number of hydrogen-bond acceptors (Lipinski definition) is 5. The molecule has 144 valence electrons. The van der Waals surface area contributed by atoms with Crippen molar-refractivity contribution < 1.29 is 5.11 Å². The maximum absolute atomic E-state index is 13.2. The van der Waals surface area contributed by atoms with Crippen LogP contribution in [0.3, 0.4) is 0 Å². The summed E-state index contributed by atoms with van der Waals surface area (Å²) < 4.78 is 1.58. The summed E-state index contributed by atoms with van der Waals surface area (Å²) >= 11 is 1.66. The van der Waals surface area contributed by atoms with Gasteiger partial charge < -0.3 is 15.0 Å². The number of rotatable bonds is 2. The number of pyridine rings is 1. The Hall–Kier alpha value is -3.38. The zero-order chi connectivity index (χ0) is 20.0. The lowest BCUT2D eigenvalue weighted by Gasteiger charge is -2.18. The van der Waals surface area contributed by atoms with Crippen molar-refractivity contribution in [3.63, 3.8) is 0 Å². The fourth-order valence-electron chi connectivity index (χ4n) is 3.88. The molecule has 5 rings (SSSR count). The van der Waals surface area contributed by atoms with E-state index < -0.39 is 0 Å². The summed E-state index contributed by atoms with van der Waals surface area (Å²) in [5.41, 5.74) is 2.98. The van der Waals surface area contributed by atoms with Crippen LogP contribution in [0.25, 0.3) is 10.9 Å². The van der Waals surface area contributed by atoms with Gasteiger partial charge in [-0.3, -0.25) is 9.79 Å². The van der Waals surface area contributed by atoms with Crippen LogP contribution < -0.4 is 10.9 Å². The first-order chi connectivity index (χ1) is 14.1. The molecule has 0 bridgehead atoms. The third-order valence-corrected chi connectivity index (χ3v) is 6.32. The van der Waals surface area contributed by atoms with Gasteiger partial charge in [-0.2, -0.15) is 0 Å². The number of hydrogen-bond donors (Lipinski definition) is 2. The van der Waals surface area contributed by atoms with Crippen LogP contribution in [0.1, 0.15) is 22.9 Å². The fraction of sp³-hybridized carbons (Fsp3) is 0.130. The van der Waals surface area contributed by atoms with E-state index in [4.69, 9.17) is 4.99 Å². The number of aromatic nitrogens is 1. The SMILES string of the molecule is Cn1c(=O)c(C2=Nc3ccccc3NC(c3cccs3)C2)c(O)c2ccccc21. The molecule has 0 saturated heterocycles. The van der Waals surface area contributed by atoms with Crippen molar-refractivity contribution >= 4 is 39.3 Å². The molecule has 0 fully saturated rings. The number of nitrogens with one attached hydrogen (secondary N) is 1. The average Bonchev–Trinajstić information content (AvgIpc) is 3.21. The molecule has 1 unspecified atom stereocenters. The van der Waals surface area contributed by atoms with Crippen molar-refractivity contribution in [1.29, 1.82) is 0 Å². The predicted molar refractivity (Wildman–Crippen MR) is 119 cm³/mol. The highest BCUT2D eigenvalue weighted by Crippen LogP contribution is 2.38. The third kappa shape index (κ3) is 2.93. The number of aryl methyl sites for hydroxylation is 1. The number of fused-ring (bicyclic) bond motifs is 2. The van der Waals surface area contributed by atoms with Gasteiger partial charge in [-0.15, -0.1) is 11.3 Å². The van der Waals surface area contributed by atoms with Crippen molar-refractivity contribution in [2.24, 2.45) is 12.0 Å². The maximum atomic E-state index is 13.2. The summed E-state index contributed by atoms with van der Waals surface area (Å²) in [7, 11) is 1.73. The highest BCUT2D eigenvalue weighted by Gasteiger charge is 2.26. The van der Waals surface area contributed by atoms with Crippen LogP contribution >= 0.6 is 11.3 Å². The zero-order valence-electron chi connectivity index (χ0n) is 15.8. The van der Waals surface area contributed by atoms with Gasteiger partial charge in [0.2, 0.25) is 0 Å². The van der Waals surface area contributed by atoms with Crippen molar-refractivity contribution in [1.82, 2.24) is 4.57 Å². The van der Waals surface area contributed by atoms with Crippen molar-refractivity contribution in [3.8, 4) is 5.75 Å². The van der Waals surface area contributed by atoms with Gasteiger partial charge in [0.05, 0.1) is 28.6 Å². The molecular formula is C23H19N3O2S. The molecule has 5 nitrogen and oxygen atoms in total. The minimum atomic E-state index is -0.246. The quantitative estimate of drug-likeness (QED) is 0.498. The predicted octanol–water partition coefficient (Wildman–Crippen LogP) is 4.98. The summed E-state index contributed by atoms with van der Waals surface area (Å²) in [6.07, 6.45) is 0.496. The molecule has 2 N–H and O–H groups in total. The molecule has 0 saturated carbocycles. The van der Waals surface area contributed by atoms with E-state index in [0.29, 0.717) is 23.0 Å². The molecule has 3 heterocycles. The molecule has 1 atom stereocenters. The first kappa shape index (κ1) is 17.7. The number of thiophene rings is 1. The van der Waals surface area contributed by atoms with Crippen LogP contribution in [0.5, 0.6) is 5.75 Å². The Morgan fingerprint density at radius 2 is 1.90 bits per heavy atom. The number of anilines is 1. The van der Waals surface area contributed by atoms with Gasteiger partial charge in [-0.1, -0.05) is 30.3 Å². The molecule has 2 aromatic heterocycles. The molecule has 2 aromatic carbocycles. The highest BCUT2D eigenvalue weighted by molar-refractivity contribution is 7.10. The second kappa shape index (κ2) is 6.90. The summed E-state index contributed by atoms with van der Waals surface area (Å²) in [4.78, 5) is 19.2. The van der Waals surface area contributed by atoms with Crippen molar-refractivity contribution in [2.75, 3.05) is 5.32 Å². The second-order valence-corrected chi connectivity index (χ2v) is 8.08. The lowest BCUT2D eigenvalue weighted by atomic mass is 10.00. The lowest BCUT2D eigenvalue weighted by molar-refractivity contribution is 0.478. The number of nitrogens with zero attached hydrogens (tertiary/aromatic N) is 2. The molecule has 1 aliphatic heterocycles. The Morgan fingerprint density at radius 3 is 2.72 bits per heavy atom. The van der Waals surface area contributed by atoms with E-state index in [0.717, 1.165) is 16.3 Å². The van der Waals surface area contributed by atoms with Gasteiger partial charge in [-0.25, -0.2) is 0 Å². The summed E-state index contributed by atoms with van der Waals surface area (Å²) in [5, 5.41) is 17.3. The minimum absolute atomic E-state index is 0.00763. The maximum Gasteiger partial charge on any atom is 0.263 e. The fourth-order valence-corrected chi connectivity index (χ4v) is 4.65. The molecule has 29 heavy (non-hydrogen) atoms. The van der Waals surface area contributed by atoms with Gasteiger partial charge >= 0.3 is 0 Å². The van der Waals surface area contributed by atoms with Crippen LogP contribution in [0, 0.1) is 0 Å². The van der Waals surface area contributed by atoms with Crippen molar-refractivity contribution in [3.05, 3.63) is 86.8 Å². The van der Waals surface area contributed by atoms with Crippen LogP contribution in [-0.4, -0.2) is 15.4 Å². The Kier molecular flexibility index (Phi) is 4.21. The van der Waals surface area contributed by atoms with Gasteiger partial charge in [-0.05, 0) is 35.7 Å². The van der Waals surface area contributed by atoms with Gasteiger partial charge in [0.15, 0.2) is 0 Å². The number of para-hydroxylation sites is 3. The Labute approximate surface area is 171 Å². The molecule has 4 aromatic rings. The minimum Gasteiger partial charge on any atom is -0.506 e. The van der Waals surface area contributed by atoms with E-state index in [2.05, 4.69) is 11.4 Å². The van der Waals surface area contributed by atoms with Crippen LogP contribution in [0.4, 0.5) is 11.4 Å². The topological polar surface area (TPSA) is 66.6 Å². The van der Waals surface area contributed by atoms with Gasteiger partial charge in [0, 0.05) is 23.7 Å². The first-order valence-corrected chi connectivity index (χ1v) is 10.3. The lowest BCUT2D eigenvalue weighted by Crippen LogP contribution is -2.26. The normalized spacial score (nSPS) is 16.0. The van der Waals surface area contributed by atoms with E-state index in [1.807, 2.05) is 60.0 Å². The summed E-state index contributed by atoms with van der Waals surface area (Å²) in [6, 6.07) is 19.2. The second-order valence-electron chi connectivity index (χ2n) is 7.10. The van der Waals surface area contributed by atoms with Crippen LogP contribution in [-0.2, 0) is 7.05 Å². The third-order valence-electron chi connectivity index (χ3n) is 5.34. The van der Waals surface area contributed by atoms with Crippen LogP contribution in [0.2, 0.25) is 0 Å². The molecule has 1 aliphatic rings. The molecule has 0 amide bonds. The average molecular weight is 401 g/mol.